The van der Waals surface area contributed by atoms with Crippen LogP contribution in [0.2, 0.25) is 0 Å². The number of para-hydroxylation sites is 1. The van der Waals surface area contributed by atoms with Gasteiger partial charge < -0.3 is 12.3 Å². The average molecular weight is 574 g/mol. The van der Waals surface area contributed by atoms with Gasteiger partial charge in [0.25, 0.3) is 0 Å². The largest absolute Gasteiger partial charge is 0.517 e. The van der Waals surface area contributed by atoms with Crippen LogP contribution in [-0.4, -0.2) is 15.8 Å². The van der Waals surface area contributed by atoms with Crippen molar-refractivity contribution in [1.29, 1.82) is 0 Å². The number of nitrogens with zero attached hydrogens (tertiary/aromatic N) is 1. The molecule has 1 aliphatic heterocycles. The summed E-state index contributed by atoms with van der Waals surface area (Å²) in [7, 11) is 6.68. The molecule has 0 N–H and O–H groups in total. The molecule has 2 aromatic rings. The Labute approximate surface area is 218 Å². The molecular weight excluding hydrogens is 530 g/mol. The monoisotopic (exact) mass is 574 g/mol. The van der Waals surface area contributed by atoms with Gasteiger partial charge in [0.15, 0.2) is 0 Å². The molecule has 4 heteroatoms. The molecule has 187 valence electrons. The summed E-state index contributed by atoms with van der Waals surface area (Å²) in [5.41, 5.74) is 6.81. The van der Waals surface area contributed by atoms with E-state index >= 15 is 0 Å². The van der Waals surface area contributed by atoms with Gasteiger partial charge in [-0.25, -0.2) is 6.54 Å². The zero-order chi connectivity index (χ0) is 24.1. The quantitative estimate of drug-likeness (QED) is 0.197. The fourth-order valence-electron chi connectivity index (χ4n) is 4.68. The minimum Gasteiger partial charge on any atom is -0.517 e. The van der Waals surface area contributed by atoms with Crippen LogP contribution >= 0.6 is 18.3 Å². The molecule has 33 heavy (non-hydrogen) atoms. The van der Waals surface area contributed by atoms with E-state index in [2.05, 4.69) is 121 Å². The SMILES string of the molecule is CC(C)Pc1ccccc1[CH]=[Ru][Cl].Cc1cccc(C(C)C)c1N1[CH-]C(C)(C)CC1(C)C.[CH3-]. The fraction of sp³-hybridized carbons (Fsp3) is 0.483. The molecule has 0 amide bonds. The maximum absolute atomic E-state index is 5.78. The predicted octanol–water partition coefficient (Wildman–Crippen LogP) is 8.53. The maximum Gasteiger partial charge on any atom is 0.0140 e. The fourth-order valence-corrected chi connectivity index (χ4v) is 7.18. The van der Waals surface area contributed by atoms with Gasteiger partial charge in [0.1, 0.15) is 0 Å². The molecule has 1 saturated heterocycles. The molecule has 1 nitrogen and oxygen atoms in total. The van der Waals surface area contributed by atoms with Gasteiger partial charge in [-0.3, -0.25) is 0 Å². The number of benzene rings is 2. The standard InChI is InChI=1S/C18H28N.C10H13P.CH3.ClH.Ru/c1-13(2)15-10-8-9-14(3)16(15)19-12-17(4,5)11-18(19,6)7;1-8(2)11-10-7-5-4-6-9(10)3;;;/h8-10,12-13H,11H2,1-7H3;3-8,11H,1-2H3;1H3;1H;/q-1;;-1;;+1/p-1. The van der Waals surface area contributed by atoms with Crippen LogP contribution in [0, 0.1) is 26.3 Å². The van der Waals surface area contributed by atoms with Crippen molar-refractivity contribution < 1.29 is 15.7 Å². The molecule has 1 aliphatic rings. The Morgan fingerprint density at radius 2 is 1.67 bits per heavy atom. The summed E-state index contributed by atoms with van der Waals surface area (Å²) in [5.74, 6) is 0.558. The number of rotatable bonds is 5. The Bertz CT molecular complexity index is 918. The van der Waals surface area contributed by atoms with Crippen molar-refractivity contribution in [3.05, 3.63) is 73.1 Å². The zero-order valence-electron chi connectivity index (χ0n) is 22.2. The third-order valence-electron chi connectivity index (χ3n) is 5.70. The van der Waals surface area contributed by atoms with Crippen molar-refractivity contribution in [3.8, 4) is 0 Å². The molecule has 0 spiro atoms. The van der Waals surface area contributed by atoms with Gasteiger partial charge in [0, 0.05) is 11.2 Å². The van der Waals surface area contributed by atoms with Crippen LogP contribution in [0.5, 0.6) is 0 Å². The van der Waals surface area contributed by atoms with Gasteiger partial charge in [0.2, 0.25) is 0 Å². The second kappa shape index (κ2) is 13.0. The zero-order valence-corrected chi connectivity index (χ0v) is 25.7. The van der Waals surface area contributed by atoms with Gasteiger partial charge in [-0.05, 0) is 37.8 Å². The Hall–Kier alpha value is -0.547. The molecule has 1 fully saturated rings. The maximum atomic E-state index is 5.78. The minimum absolute atomic E-state index is 0. The van der Waals surface area contributed by atoms with Crippen LogP contribution in [0.1, 0.15) is 84.4 Å². The normalized spacial score (nSPS) is 17.3. The van der Waals surface area contributed by atoms with Crippen molar-refractivity contribution in [3.63, 3.8) is 0 Å². The summed E-state index contributed by atoms with van der Waals surface area (Å²) in [4.78, 5) is 2.53. The average Bonchev–Trinajstić information content (AvgIpc) is 2.90. The van der Waals surface area contributed by atoms with Crippen LogP contribution in [0.4, 0.5) is 5.69 Å². The van der Waals surface area contributed by atoms with E-state index in [0.29, 0.717) is 5.92 Å². The topological polar surface area (TPSA) is 3.24 Å². The van der Waals surface area contributed by atoms with Crippen LogP contribution < -0.4 is 10.2 Å². The molecule has 0 aliphatic carbocycles. The Morgan fingerprint density at radius 1 is 1.03 bits per heavy atom. The molecule has 0 saturated carbocycles. The van der Waals surface area contributed by atoms with Gasteiger partial charge in [-0.1, -0.05) is 52.3 Å². The van der Waals surface area contributed by atoms with E-state index in [9.17, 15) is 0 Å². The second-order valence-corrected chi connectivity index (χ2v) is 14.5. The molecule has 0 aromatic heterocycles. The van der Waals surface area contributed by atoms with E-state index in [1.165, 1.54) is 34.1 Å². The molecule has 0 radical (unpaired) electrons. The van der Waals surface area contributed by atoms with E-state index in [-0.39, 0.29) is 34.1 Å². The summed E-state index contributed by atoms with van der Waals surface area (Å²) >= 11 is -0.106. The van der Waals surface area contributed by atoms with Gasteiger partial charge in [0.05, 0.1) is 0 Å². The number of hydrogen-bond donors (Lipinski definition) is 0. The third-order valence-corrected chi connectivity index (χ3v) is 8.23. The molecule has 2 aromatic carbocycles. The van der Waals surface area contributed by atoms with Gasteiger partial charge >= 0.3 is 93.2 Å². The Balaban J connectivity index is 0.000000343. The minimum atomic E-state index is -0.106. The summed E-state index contributed by atoms with van der Waals surface area (Å²) in [6.07, 6.45) is 1.20. The molecule has 1 atom stereocenters. The van der Waals surface area contributed by atoms with E-state index in [1.54, 1.807) is 0 Å². The van der Waals surface area contributed by atoms with Gasteiger partial charge in [-0.2, -0.15) is 0 Å². The van der Waals surface area contributed by atoms with Crippen LogP contribution in [0.15, 0.2) is 42.5 Å². The van der Waals surface area contributed by atoms with Crippen LogP contribution in [-0.2, 0) is 15.7 Å². The van der Waals surface area contributed by atoms with Crippen molar-refractivity contribution >= 4 is 33.9 Å². The summed E-state index contributed by atoms with van der Waals surface area (Å²) < 4.78 is 2.17. The first-order valence-electron chi connectivity index (χ1n) is 11.5. The van der Waals surface area contributed by atoms with Crippen molar-refractivity contribution in [2.45, 2.75) is 85.9 Å². The first-order chi connectivity index (χ1) is 14.9. The summed E-state index contributed by atoms with van der Waals surface area (Å²) in [5, 5.41) is 1.45. The molecule has 1 heterocycles. The van der Waals surface area contributed by atoms with E-state index in [1.807, 2.05) is 0 Å². The van der Waals surface area contributed by atoms with Crippen molar-refractivity contribution in [2.24, 2.45) is 5.41 Å². The first-order valence-corrected chi connectivity index (χ1v) is 15.9. The van der Waals surface area contributed by atoms with Gasteiger partial charge in [-0.15, -0.1) is 5.41 Å². The summed E-state index contributed by atoms with van der Waals surface area (Å²) in [6.45, 7) is 23.1. The number of anilines is 1. The number of halogens is 1. The van der Waals surface area contributed by atoms with Crippen molar-refractivity contribution in [1.82, 2.24) is 0 Å². The smallest absolute Gasteiger partial charge is 0.0140 e. The number of hydrogen-bond acceptors (Lipinski definition) is 1. The Morgan fingerprint density at radius 3 is 2.18 bits per heavy atom. The van der Waals surface area contributed by atoms with Crippen LogP contribution in [0.3, 0.4) is 0 Å². The molecule has 1 unspecified atom stereocenters. The third kappa shape index (κ3) is 8.56. The van der Waals surface area contributed by atoms with Crippen molar-refractivity contribution in [2.75, 3.05) is 4.90 Å². The molecular formula is C29H44ClNPRu-2. The Kier molecular flexibility index (Phi) is 12.0. The first kappa shape index (κ1) is 30.5. The summed E-state index contributed by atoms with van der Waals surface area (Å²) in [6, 6.07) is 15.2. The molecule has 0 bridgehead atoms. The number of aryl methyl sites for hydroxylation is 1. The van der Waals surface area contributed by atoms with E-state index < -0.39 is 0 Å². The van der Waals surface area contributed by atoms with Crippen LogP contribution in [0.25, 0.3) is 0 Å². The van der Waals surface area contributed by atoms with E-state index in [0.717, 1.165) is 14.2 Å². The predicted molar refractivity (Wildman–Crippen MR) is 151 cm³/mol. The van der Waals surface area contributed by atoms with E-state index in [4.69, 9.17) is 9.69 Å². The molecule has 3 rings (SSSR count). The second-order valence-electron chi connectivity index (χ2n) is 10.7.